The largest absolute Gasteiger partial charge is 0.646 e. The van der Waals surface area contributed by atoms with Crippen molar-refractivity contribution in [2.24, 2.45) is 0 Å². The molecule has 0 bridgehead atoms. The van der Waals surface area contributed by atoms with Crippen molar-refractivity contribution in [3.8, 4) is 11.5 Å². The summed E-state index contributed by atoms with van der Waals surface area (Å²) in [5.41, 5.74) is 0. The molecular formula is C20H24IO4P. The molecule has 0 unspecified atom stereocenters. The lowest BCUT2D eigenvalue weighted by molar-refractivity contribution is 0.249. The fraction of sp³-hybridized carbons (Fsp3) is 0.300. The van der Waals surface area contributed by atoms with E-state index in [0.717, 1.165) is 22.8 Å². The molecule has 0 N–H and O–H groups in total. The molecule has 140 valence electrons. The van der Waals surface area contributed by atoms with Gasteiger partial charge in [0.1, 0.15) is 17.3 Å². The van der Waals surface area contributed by atoms with Gasteiger partial charge in [-0.25, -0.2) is 0 Å². The Labute approximate surface area is 169 Å². The lowest BCUT2D eigenvalue weighted by Gasteiger charge is -2.21. The van der Waals surface area contributed by atoms with E-state index in [0.29, 0.717) is 23.7 Å². The molecule has 0 amide bonds. The first-order valence-electron chi connectivity index (χ1n) is 8.72. The van der Waals surface area contributed by atoms with E-state index in [1.54, 1.807) is 24.3 Å². The van der Waals surface area contributed by atoms with Gasteiger partial charge in [-0.3, -0.25) is 0 Å². The van der Waals surface area contributed by atoms with Crippen LogP contribution in [0.15, 0.2) is 70.0 Å². The van der Waals surface area contributed by atoms with Crippen LogP contribution in [0.4, 0.5) is 0 Å². The summed E-state index contributed by atoms with van der Waals surface area (Å²) in [4.78, 5) is 0. The average molecular weight is 486 g/mol. The first-order valence-corrected chi connectivity index (χ1v) is 11.3. The Kier molecular flexibility index (Phi) is 8.52. The van der Waals surface area contributed by atoms with Gasteiger partial charge in [0.2, 0.25) is 0 Å². The highest BCUT2D eigenvalue weighted by atomic mass is 127. The Morgan fingerprint density at radius 3 is 1.73 bits per heavy atom. The third kappa shape index (κ3) is 6.69. The number of rotatable bonds is 10. The molecule has 0 aliphatic carbocycles. The van der Waals surface area contributed by atoms with Crippen LogP contribution in [0.5, 0.6) is 11.5 Å². The van der Waals surface area contributed by atoms with Gasteiger partial charge in [-0.1, -0.05) is 56.7 Å². The highest BCUT2D eigenvalue weighted by Gasteiger charge is 2.34. The molecule has 0 spiro atoms. The highest BCUT2D eigenvalue weighted by molar-refractivity contribution is 14.1. The highest BCUT2D eigenvalue weighted by Crippen LogP contribution is 2.52. The number of para-hydroxylation sites is 2. The summed E-state index contributed by atoms with van der Waals surface area (Å²) in [5, 5.41) is 0. The number of hydrogen-bond acceptors (Lipinski definition) is 4. The molecule has 0 fully saturated rings. The average Bonchev–Trinajstić information content (AvgIpc) is 2.63. The Balaban J connectivity index is 2.32. The number of hydrogen-bond donors (Lipinski definition) is 0. The lowest BCUT2D eigenvalue weighted by atomic mass is 10.2. The van der Waals surface area contributed by atoms with Gasteiger partial charge in [0.15, 0.2) is 0 Å². The topological polar surface area (TPSA) is 44.8 Å². The molecule has 6 heteroatoms. The summed E-state index contributed by atoms with van der Waals surface area (Å²) < 4.78 is 31.7. The first kappa shape index (κ1) is 20.8. The number of allylic oxidation sites excluding steroid dienone is 2. The molecule has 0 aromatic heterocycles. The number of halogens is 1. The quantitative estimate of drug-likeness (QED) is 0.198. The van der Waals surface area contributed by atoms with Gasteiger partial charge < -0.3 is 13.6 Å². The van der Waals surface area contributed by atoms with E-state index in [2.05, 4.69) is 36.4 Å². The predicted octanol–water partition coefficient (Wildman–Crippen LogP) is 7.52. The fourth-order valence-corrected chi connectivity index (χ4v) is 4.66. The molecule has 26 heavy (non-hydrogen) atoms. The van der Waals surface area contributed by atoms with Crippen LogP contribution < -0.4 is 9.05 Å². The van der Waals surface area contributed by atoms with Crippen LogP contribution in [0.2, 0.25) is 0 Å². The molecule has 0 saturated carbocycles. The fourth-order valence-electron chi connectivity index (χ4n) is 2.23. The number of phosphoric acid groups is 1. The summed E-state index contributed by atoms with van der Waals surface area (Å²) in [6, 6.07) is 17.9. The monoisotopic (exact) mass is 486 g/mol. The zero-order valence-electron chi connectivity index (χ0n) is 15.1. The zero-order chi connectivity index (χ0) is 18.8. The summed E-state index contributed by atoms with van der Waals surface area (Å²) in [6.07, 6.45) is 3.41. The van der Waals surface area contributed by atoms with Gasteiger partial charge in [-0.2, -0.15) is 4.57 Å². The minimum Gasteiger partial charge on any atom is -0.390 e. The molecule has 0 aliphatic rings. The Hall–Kier alpha value is -1.46. The van der Waals surface area contributed by atoms with Gasteiger partial charge in [0.05, 0.1) is 0 Å². The zero-order valence-corrected chi connectivity index (χ0v) is 18.1. The van der Waals surface area contributed by atoms with E-state index in [1.165, 1.54) is 0 Å². The van der Waals surface area contributed by atoms with Crippen molar-refractivity contribution < 1.29 is 18.1 Å². The maximum atomic E-state index is 13.4. The maximum Gasteiger partial charge on any atom is 0.646 e. The normalized spacial score (nSPS) is 12.3. The third-order valence-electron chi connectivity index (χ3n) is 3.39. The lowest BCUT2D eigenvalue weighted by Crippen LogP contribution is -2.06. The van der Waals surface area contributed by atoms with Gasteiger partial charge >= 0.3 is 7.82 Å². The molecule has 4 nitrogen and oxygen atoms in total. The molecule has 2 rings (SSSR count). The second-order valence-corrected chi connectivity index (χ2v) is 8.42. The van der Waals surface area contributed by atoms with E-state index in [-0.39, 0.29) is 0 Å². The summed E-state index contributed by atoms with van der Waals surface area (Å²) in [5.74, 6) is 1.55. The van der Waals surface area contributed by atoms with Crippen molar-refractivity contribution in [2.75, 3.05) is 0 Å². The van der Waals surface area contributed by atoms with E-state index < -0.39 is 7.82 Å². The van der Waals surface area contributed by atoms with Gasteiger partial charge in [0.25, 0.3) is 0 Å². The van der Waals surface area contributed by atoms with Crippen LogP contribution in [-0.4, -0.2) is 0 Å². The van der Waals surface area contributed by atoms with E-state index >= 15 is 0 Å². The third-order valence-corrected chi connectivity index (χ3v) is 5.85. The summed E-state index contributed by atoms with van der Waals surface area (Å²) in [7, 11) is -3.89. The second kappa shape index (κ2) is 10.6. The molecule has 0 radical (unpaired) electrons. The molecule has 2 aromatic carbocycles. The predicted molar refractivity (Wildman–Crippen MR) is 114 cm³/mol. The SMILES string of the molecule is CCC/C(I)=C(/CCC)OP(=O)(Oc1ccccc1)Oc1ccccc1. The van der Waals surface area contributed by atoms with Crippen LogP contribution in [0.25, 0.3) is 0 Å². The van der Waals surface area contributed by atoms with Crippen molar-refractivity contribution in [3.63, 3.8) is 0 Å². The Bertz CT molecular complexity index is 701. The van der Waals surface area contributed by atoms with Crippen LogP contribution in [0, 0.1) is 0 Å². The second-order valence-electron chi connectivity index (χ2n) is 5.68. The van der Waals surface area contributed by atoms with E-state index in [4.69, 9.17) is 13.6 Å². The molecule has 0 heterocycles. The molecule has 2 aromatic rings. The van der Waals surface area contributed by atoms with E-state index in [1.807, 2.05) is 36.4 Å². The number of benzene rings is 2. The number of phosphoric ester groups is 1. The standard InChI is InChI=1S/C20H24IO4P/c1-3-11-19(21)20(12-4-2)25-26(22,23-17-13-7-5-8-14-17)24-18-15-9-6-10-16-18/h5-10,13-16H,3-4,11-12H2,1-2H3/b20-19+. The smallest absolute Gasteiger partial charge is 0.390 e. The van der Waals surface area contributed by atoms with Crippen molar-refractivity contribution >= 4 is 30.4 Å². The van der Waals surface area contributed by atoms with Gasteiger partial charge in [-0.15, -0.1) is 0 Å². The van der Waals surface area contributed by atoms with Crippen LogP contribution in [0.3, 0.4) is 0 Å². The summed E-state index contributed by atoms with van der Waals surface area (Å²) in [6.45, 7) is 4.16. The van der Waals surface area contributed by atoms with Crippen LogP contribution in [0.1, 0.15) is 39.5 Å². The van der Waals surface area contributed by atoms with Gasteiger partial charge in [0, 0.05) is 10.0 Å². The molecular weight excluding hydrogens is 462 g/mol. The van der Waals surface area contributed by atoms with Gasteiger partial charge in [-0.05, 0) is 59.7 Å². The van der Waals surface area contributed by atoms with Crippen molar-refractivity contribution in [1.82, 2.24) is 0 Å². The van der Waals surface area contributed by atoms with Crippen molar-refractivity contribution in [2.45, 2.75) is 39.5 Å². The van der Waals surface area contributed by atoms with Crippen molar-refractivity contribution in [1.29, 1.82) is 0 Å². The minimum absolute atomic E-state index is 0.438. The molecule has 0 saturated heterocycles. The van der Waals surface area contributed by atoms with Crippen molar-refractivity contribution in [3.05, 3.63) is 70.0 Å². The minimum atomic E-state index is -3.89. The molecule has 0 aliphatic heterocycles. The van der Waals surface area contributed by atoms with E-state index in [9.17, 15) is 4.57 Å². The Morgan fingerprint density at radius 2 is 1.31 bits per heavy atom. The van der Waals surface area contributed by atoms with Crippen LogP contribution in [-0.2, 0) is 9.09 Å². The first-order chi connectivity index (χ1) is 12.6. The Morgan fingerprint density at radius 1 is 0.846 bits per heavy atom. The maximum absolute atomic E-state index is 13.4. The van der Waals surface area contributed by atoms with Crippen LogP contribution >= 0.6 is 30.4 Å². The molecule has 0 atom stereocenters. The summed E-state index contributed by atoms with van der Waals surface area (Å²) >= 11 is 2.25.